The molecule has 0 radical (unpaired) electrons. The van der Waals surface area contributed by atoms with Gasteiger partial charge in [-0.15, -0.1) is 0 Å². The standard InChI is InChI=1S/C15H24N2O/c1-13-5-6-14(18-13)11-17-10-9-16-15(12-17)7-3-2-4-8-15/h5-6,16H,2-4,7-12H2,1H3. The Morgan fingerprint density at radius 1 is 1.28 bits per heavy atom. The van der Waals surface area contributed by atoms with Gasteiger partial charge < -0.3 is 9.73 Å². The van der Waals surface area contributed by atoms with Crippen LogP contribution < -0.4 is 5.32 Å². The van der Waals surface area contributed by atoms with Crippen LogP contribution in [-0.2, 0) is 6.54 Å². The molecule has 0 unspecified atom stereocenters. The number of nitrogens with zero attached hydrogens (tertiary/aromatic N) is 1. The van der Waals surface area contributed by atoms with Crippen molar-refractivity contribution in [1.29, 1.82) is 0 Å². The second-order valence-electron chi connectivity index (χ2n) is 5.99. The number of aryl methyl sites for hydroxylation is 1. The quantitative estimate of drug-likeness (QED) is 0.872. The normalized spacial score (nSPS) is 24.5. The molecule has 18 heavy (non-hydrogen) atoms. The van der Waals surface area contributed by atoms with Crippen LogP contribution in [0.1, 0.15) is 43.6 Å². The van der Waals surface area contributed by atoms with Gasteiger partial charge in [0.1, 0.15) is 11.5 Å². The zero-order valence-electron chi connectivity index (χ0n) is 11.4. The summed E-state index contributed by atoms with van der Waals surface area (Å²) < 4.78 is 5.70. The van der Waals surface area contributed by atoms with Crippen molar-refractivity contribution in [3.05, 3.63) is 23.7 Å². The molecule has 1 saturated heterocycles. The summed E-state index contributed by atoms with van der Waals surface area (Å²) in [5.41, 5.74) is 0.401. The van der Waals surface area contributed by atoms with E-state index in [4.69, 9.17) is 4.42 Å². The second kappa shape index (κ2) is 5.06. The summed E-state index contributed by atoms with van der Waals surface area (Å²) >= 11 is 0. The van der Waals surface area contributed by atoms with E-state index in [0.29, 0.717) is 5.54 Å². The van der Waals surface area contributed by atoms with E-state index in [0.717, 1.165) is 31.2 Å². The molecule has 3 nitrogen and oxygen atoms in total. The van der Waals surface area contributed by atoms with E-state index in [-0.39, 0.29) is 0 Å². The Kier molecular flexibility index (Phi) is 3.44. The molecule has 1 spiro atoms. The molecular weight excluding hydrogens is 224 g/mol. The Morgan fingerprint density at radius 2 is 2.11 bits per heavy atom. The SMILES string of the molecule is Cc1ccc(CN2CCNC3(CCCCC3)C2)o1. The predicted molar refractivity (Wildman–Crippen MR) is 72.5 cm³/mol. The Hall–Kier alpha value is -0.800. The maximum Gasteiger partial charge on any atom is 0.118 e. The number of piperazine rings is 1. The van der Waals surface area contributed by atoms with Crippen LogP contribution in [0.25, 0.3) is 0 Å². The van der Waals surface area contributed by atoms with Crippen LogP contribution in [0.15, 0.2) is 16.5 Å². The van der Waals surface area contributed by atoms with Crippen LogP contribution in [0.4, 0.5) is 0 Å². The Labute approximate surface area is 110 Å². The zero-order chi connectivity index (χ0) is 12.4. The van der Waals surface area contributed by atoms with E-state index in [9.17, 15) is 0 Å². The van der Waals surface area contributed by atoms with Crippen LogP contribution in [0.5, 0.6) is 0 Å². The molecule has 2 aliphatic rings. The fraction of sp³-hybridized carbons (Fsp3) is 0.733. The Morgan fingerprint density at radius 3 is 2.83 bits per heavy atom. The molecular formula is C15H24N2O. The van der Waals surface area contributed by atoms with E-state index in [2.05, 4.69) is 22.3 Å². The Bertz CT molecular complexity index is 387. The molecule has 1 aliphatic heterocycles. The van der Waals surface area contributed by atoms with Crippen molar-refractivity contribution in [2.75, 3.05) is 19.6 Å². The van der Waals surface area contributed by atoms with E-state index in [1.165, 1.54) is 38.6 Å². The first-order valence-corrected chi connectivity index (χ1v) is 7.29. The fourth-order valence-corrected chi connectivity index (χ4v) is 3.53. The first kappa shape index (κ1) is 12.2. The highest BCUT2D eigenvalue weighted by molar-refractivity contribution is 5.06. The van der Waals surface area contributed by atoms with Crippen molar-refractivity contribution in [3.8, 4) is 0 Å². The van der Waals surface area contributed by atoms with E-state index in [1.54, 1.807) is 0 Å². The highest BCUT2D eigenvalue weighted by atomic mass is 16.3. The first-order valence-electron chi connectivity index (χ1n) is 7.29. The lowest BCUT2D eigenvalue weighted by atomic mass is 9.80. The summed E-state index contributed by atoms with van der Waals surface area (Å²) in [5, 5.41) is 3.78. The van der Waals surface area contributed by atoms with Gasteiger partial charge in [-0.25, -0.2) is 0 Å². The summed E-state index contributed by atoms with van der Waals surface area (Å²) in [5.74, 6) is 2.13. The first-order chi connectivity index (χ1) is 8.76. The third-order valence-corrected chi connectivity index (χ3v) is 4.44. The monoisotopic (exact) mass is 248 g/mol. The molecule has 100 valence electrons. The van der Waals surface area contributed by atoms with E-state index >= 15 is 0 Å². The lowest BCUT2D eigenvalue weighted by Gasteiger charge is -2.46. The lowest BCUT2D eigenvalue weighted by molar-refractivity contribution is 0.0893. The van der Waals surface area contributed by atoms with Gasteiger partial charge in [0, 0.05) is 25.2 Å². The minimum Gasteiger partial charge on any atom is -0.465 e. The highest BCUT2D eigenvalue weighted by Gasteiger charge is 2.36. The molecule has 2 heterocycles. The van der Waals surface area contributed by atoms with Gasteiger partial charge in [-0.3, -0.25) is 4.90 Å². The van der Waals surface area contributed by atoms with Gasteiger partial charge in [-0.05, 0) is 31.9 Å². The molecule has 0 amide bonds. The van der Waals surface area contributed by atoms with Gasteiger partial charge in [0.15, 0.2) is 0 Å². The fourth-order valence-electron chi connectivity index (χ4n) is 3.53. The van der Waals surface area contributed by atoms with Crippen molar-refractivity contribution in [2.24, 2.45) is 0 Å². The molecule has 0 bridgehead atoms. The Balaban J connectivity index is 1.63. The van der Waals surface area contributed by atoms with Crippen LogP contribution >= 0.6 is 0 Å². The van der Waals surface area contributed by atoms with Crippen LogP contribution in [0.2, 0.25) is 0 Å². The minimum absolute atomic E-state index is 0.401. The van der Waals surface area contributed by atoms with Crippen molar-refractivity contribution < 1.29 is 4.42 Å². The van der Waals surface area contributed by atoms with Crippen molar-refractivity contribution >= 4 is 0 Å². The maximum atomic E-state index is 5.70. The third-order valence-electron chi connectivity index (χ3n) is 4.44. The average molecular weight is 248 g/mol. The molecule has 3 rings (SSSR count). The maximum absolute atomic E-state index is 5.70. The summed E-state index contributed by atoms with van der Waals surface area (Å²) in [4.78, 5) is 2.56. The van der Waals surface area contributed by atoms with E-state index in [1.807, 2.05) is 6.92 Å². The number of hydrogen-bond donors (Lipinski definition) is 1. The smallest absolute Gasteiger partial charge is 0.118 e. The molecule has 0 aromatic carbocycles. The largest absolute Gasteiger partial charge is 0.465 e. The molecule has 1 aromatic heterocycles. The number of nitrogens with one attached hydrogen (secondary N) is 1. The number of rotatable bonds is 2. The van der Waals surface area contributed by atoms with Gasteiger partial charge in [0.05, 0.1) is 6.54 Å². The number of furan rings is 1. The molecule has 1 aliphatic carbocycles. The van der Waals surface area contributed by atoms with Gasteiger partial charge in [-0.2, -0.15) is 0 Å². The van der Waals surface area contributed by atoms with Gasteiger partial charge >= 0.3 is 0 Å². The van der Waals surface area contributed by atoms with Gasteiger partial charge in [-0.1, -0.05) is 19.3 Å². The van der Waals surface area contributed by atoms with Crippen molar-refractivity contribution in [3.63, 3.8) is 0 Å². The van der Waals surface area contributed by atoms with E-state index < -0.39 is 0 Å². The molecule has 0 atom stereocenters. The second-order valence-corrected chi connectivity index (χ2v) is 5.99. The minimum atomic E-state index is 0.401. The summed E-state index contributed by atoms with van der Waals surface area (Å²) in [7, 11) is 0. The molecule has 1 N–H and O–H groups in total. The van der Waals surface area contributed by atoms with Crippen molar-refractivity contribution in [1.82, 2.24) is 10.2 Å². The zero-order valence-corrected chi connectivity index (χ0v) is 11.4. The summed E-state index contributed by atoms with van der Waals surface area (Å²) in [6.45, 7) is 6.44. The van der Waals surface area contributed by atoms with Gasteiger partial charge in [0.2, 0.25) is 0 Å². The molecule has 1 saturated carbocycles. The predicted octanol–water partition coefficient (Wildman–Crippen LogP) is 2.70. The molecule has 2 fully saturated rings. The van der Waals surface area contributed by atoms with Crippen LogP contribution in [0, 0.1) is 6.92 Å². The average Bonchev–Trinajstić information content (AvgIpc) is 2.76. The summed E-state index contributed by atoms with van der Waals surface area (Å²) in [6, 6.07) is 4.18. The molecule has 1 aromatic rings. The van der Waals surface area contributed by atoms with Crippen molar-refractivity contribution in [2.45, 2.75) is 51.1 Å². The topological polar surface area (TPSA) is 28.4 Å². The van der Waals surface area contributed by atoms with Crippen LogP contribution in [0.3, 0.4) is 0 Å². The van der Waals surface area contributed by atoms with Gasteiger partial charge in [0.25, 0.3) is 0 Å². The molecule has 3 heteroatoms. The number of hydrogen-bond acceptors (Lipinski definition) is 3. The third kappa shape index (κ3) is 2.62. The summed E-state index contributed by atoms with van der Waals surface area (Å²) in [6.07, 6.45) is 6.89. The highest BCUT2D eigenvalue weighted by Crippen LogP contribution is 2.31. The lowest BCUT2D eigenvalue weighted by Crippen LogP contribution is -2.60. The van der Waals surface area contributed by atoms with Crippen LogP contribution in [-0.4, -0.2) is 30.1 Å².